The molecule has 2 fully saturated rings. The third-order valence-corrected chi connectivity index (χ3v) is 5.96. The van der Waals surface area contributed by atoms with Crippen molar-refractivity contribution in [2.45, 2.75) is 58.5 Å². The fourth-order valence-electron chi connectivity index (χ4n) is 4.49. The summed E-state index contributed by atoms with van der Waals surface area (Å²) >= 11 is 0. The Morgan fingerprint density at radius 1 is 0.955 bits per heavy atom. The summed E-state index contributed by atoms with van der Waals surface area (Å²) in [5, 5.41) is 0. The molecule has 2 N–H and O–H groups in total. The zero-order valence-corrected chi connectivity index (χ0v) is 14.5. The molecule has 0 saturated carbocycles. The minimum atomic E-state index is 0.950. The molecule has 1 aromatic rings. The van der Waals surface area contributed by atoms with Crippen molar-refractivity contribution in [3.8, 4) is 0 Å². The first-order chi connectivity index (χ1) is 10.7. The summed E-state index contributed by atoms with van der Waals surface area (Å²) in [5.41, 5.74) is 2.98. The topological polar surface area (TPSA) is 8.88 Å². The van der Waals surface area contributed by atoms with Crippen molar-refractivity contribution in [1.82, 2.24) is 0 Å². The molecule has 22 heavy (non-hydrogen) atoms. The highest BCUT2D eigenvalue weighted by molar-refractivity contribution is 5.21. The fraction of sp³-hybridized carbons (Fsp3) is 0.700. The number of hydrogen-bond donors (Lipinski definition) is 2. The van der Waals surface area contributed by atoms with Crippen LogP contribution in [0.4, 0.5) is 0 Å². The Hall–Kier alpha value is -0.860. The maximum absolute atomic E-state index is 2.44. The zero-order chi connectivity index (χ0) is 15.4. The van der Waals surface area contributed by atoms with Gasteiger partial charge in [0.05, 0.1) is 32.2 Å². The van der Waals surface area contributed by atoms with Gasteiger partial charge in [0.2, 0.25) is 0 Å². The van der Waals surface area contributed by atoms with E-state index in [9.17, 15) is 0 Å². The first-order valence-electron chi connectivity index (χ1n) is 9.50. The van der Waals surface area contributed by atoms with Gasteiger partial charge < -0.3 is 9.80 Å². The van der Waals surface area contributed by atoms with E-state index in [0.717, 1.165) is 18.4 Å². The van der Waals surface area contributed by atoms with E-state index in [2.05, 4.69) is 38.1 Å². The van der Waals surface area contributed by atoms with Gasteiger partial charge in [0.1, 0.15) is 6.54 Å². The number of piperidine rings is 2. The van der Waals surface area contributed by atoms with E-state index in [1.165, 1.54) is 69.5 Å². The third kappa shape index (κ3) is 4.11. The summed E-state index contributed by atoms with van der Waals surface area (Å²) in [4.78, 5) is 3.72. The number of likely N-dealkylation sites (tertiary alicyclic amines) is 2. The maximum atomic E-state index is 2.44. The van der Waals surface area contributed by atoms with Gasteiger partial charge in [0.15, 0.2) is 0 Å². The van der Waals surface area contributed by atoms with Gasteiger partial charge in [0, 0.05) is 24.3 Å². The first kappa shape index (κ1) is 16.0. The Morgan fingerprint density at radius 3 is 2.27 bits per heavy atom. The Kier molecular flexibility index (Phi) is 5.54. The molecular formula is C20H34N2+2. The van der Waals surface area contributed by atoms with Crippen molar-refractivity contribution < 1.29 is 9.80 Å². The Balaban J connectivity index is 1.46. The lowest BCUT2D eigenvalue weighted by molar-refractivity contribution is -0.967. The molecule has 2 heteroatoms. The van der Waals surface area contributed by atoms with Crippen LogP contribution in [0.3, 0.4) is 0 Å². The predicted octanol–water partition coefficient (Wildman–Crippen LogP) is 1.11. The third-order valence-electron chi connectivity index (χ3n) is 5.96. The SMILES string of the molecule is CCc1ccc(C[NH+]2CCC([NH+]3CCC[C@@H](C)C3)CC2)cc1. The van der Waals surface area contributed by atoms with Crippen molar-refractivity contribution in [2.24, 2.45) is 5.92 Å². The molecule has 2 aliphatic rings. The van der Waals surface area contributed by atoms with Crippen LogP contribution in [0.5, 0.6) is 0 Å². The second-order valence-electron chi connectivity index (χ2n) is 7.73. The molecule has 2 atom stereocenters. The Labute approximate surface area is 136 Å². The van der Waals surface area contributed by atoms with Crippen molar-refractivity contribution in [1.29, 1.82) is 0 Å². The van der Waals surface area contributed by atoms with Crippen LogP contribution in [0, 0.1) is 5.92 Å². The van der Waals surface area contributed by atoms with E-state index >= 15 is 0 Å². The molecule has 1 aromatic carbocycles. The molecule has 0 radical (unpaired) electrons. The van der Waals surface area contributed by atoms with E-state index in [0.29, 0.717) is 0 Å². The highest BCUT2D eigenvalue weighted by Crippen LogP contribution is 2.08. The van der Waals surface area contributed by atoms with Crippen LogP contribution >= 0.6 is 0 Å². The normalized spacial score (nSPS) is 32.8. The van der Waals surface area contributed by atoms with Gasteiger partial charge in [-0.25, -0.2) is 0 Å². The average molecular weight is 303 g/mol. The van der Waals surface area contributed by atoms with Crippen LogP contribution in [0.15, 0.2) is 24.3 Å². The predicted molar refractivity (Wildman–Crippen MR) is 92.3 cm³/mol. The van der Waals surface area contributed by atoms with Gasteiger partial charge in [-0.2, -0.15) is 0 Å². The number of benzene rings is 1. The molecule has 0 aliphatic carbocycles. The number of aryl methyl sites for hydroxylation is 1. The van der Waals surface area contributed by atoms with Crippen LogP contribution in [-0.4, -0.2) is 32.2 Å². The van der Waals surface area contributed by atoms with Crippen molar-refractivity contribution in [3.05, 3.63) is 35.4 Å². The summed E-state index contributed by atoms with van der Waals surface area (Å²) in [6.45, 7) is 11.5. The van der Waals surface area contributed by atoms with Gasteiger partial charge in [-0.05, 0) is 24.8 Å². The van der Waals surface area contributed by atoms with Crippen LogP contribution in [0.2, 0.25) is 0 Å². The molecule has 3 rings (SSSR count). The second-order valence-corrected chi connectivity index (χ2v) is 7.73. The minimum Gasteiger partial charge on any atom is -0.332 e. The molecule has 122 valence electrons. The minimum absolute atomic E-state index is 0.950. The molecule has 0 spiro atoms. The highest BCUT2D eigenvalue weighted by Gasteiger charge is 2.32. The quantitative estimate of drug-likeness (QED) is 0.824. The van der Waals surface area contributed by atoms with Gasteiger partial charge in [-0.1, -0.05) is 38.1 Å². The van der Waals surface area contributed by atoms with Gasteiger partial charge >= 0.3 is 0 Å². The standard InChI is InChI=1S/C20H32N2/c1-3-18-6-8-19(9-7-18)16-21-13-10-20(11-14-21)22-12-4-5-17(2)15-22/h6-9,17,20H,3-5,10-16H2,1-2H3/p+2/t17-/m1/s1. The molecule has 1 unspecified atom stereocenters. The number of hydrogen-bond acceptors (Lipinski definition) is 0. The Bertz CT molecular complexity index is 445. The molecule has 0 aromatic heterocycles. The molecule has 0 amide bonds. The molecule has 2 aliphatic heterocycles. The largest absolute Gasteiger partial charge is 0.332 e. The molecule has 2 heterocycles. The van der Waals surface area contributed by atoms with E-state index in [-0.39, 0.29) is 0 Å². The smallest absolute Gasteiger partial charge is 0.103 e. The van der Waals surface area contributed by atoms with Crippen LogP contribution < -0.4 is 9.80 Å². The summed E-state index contributed by atoms with van der Waals surface area (Å²) in [5.74, 6) is 0.950. The summed E-state index contributed by atoms with van der Waals surface area (Å²) in [7, 11) is 0. The summed E-state index contributed by atoms with van der Waals surface area (Å²) < 4.78 is 0. The number of nitrogens with one attached hydrogen (secondary N) is 2. The van der Waals surface area contributed by atoms with Crippen LogP contribution in [-0.2, 0) is 13.0 Å². The number of rotatable bonds is 4. The summed E-state index contributed by atoms with van der Waals surface area (Å²) in [6, 6.07) is 10.3. The summed E-state index contributed by atoms with van der Waals surface area (Å²) in [6.07, 6.45) is 6.93. The lowest BCUT2D eigenvalue weighted by Gasteiger charge is -2.37. The van der Waals surface area contributed by atoms with Crippen LogP contribution in [0.25, 0.3) is 0 Å². The zero-order valence-electron chi connectivity index (χ0n) is 14.5. The van der Waals surface area contributed by atoms with E-state index < -0.39 is 0 Å². The lowest BCUT2D eigenvalue weighted by Crippen LogP contribution is -3.21. The van der Waals surface area contributed by atoms with E-state index in [1.54, 1.807) is 4.90 Å². The molecule has 2 nitrogen and oxygen atoms in total. The van der Waals surface area contributed by atoms with Gasteiger partial charge in [-0.15, -0.1) is 0 Å². The monoisotopic (exact) mass is 302 g/mol. The first-order valence-corrected chi connectivity index (χ1v) is 9.50. The fourth-order valence-corrected chi connectivity index (χ4v) is 4.49. The van der Waals surface area contributed by atoms with Crippen LogP contribution in [0.1, 0.15) is 50.7 Å². The average Bonchev–Trinajstić information content (AvgIpc) is 2.56. The highest BCUT2D eigenvalue weighted by atomic mass is 15.2. The lowest BCUT2D eigenvalue weighted by atomic mass is 9.95. The van der Waals surface area contributed by atoms with E-state index in [4.69, 9.17) is 0 Å². The van der Waals surface area contributed by atoms with Crippen molar-refractivity contribution in [3.63, 3.8) is 0 Å². The second kappa shape index (κ2) is 7.61. The van der Waals surface area contributed by atoms with E-state index in [1.807, 2.05) is 4.90 Å². The molecular weight excluding hydrogens is 268 g/mol. The van der Waals surface area contributed by atoms with Gasteiger partial charge in [0.25, 0.3) is 0 Å². The molecule has 2 saturated heterocycles. The molecule has 0 bridgehead atoms. The van der Waals surface area contributed by atoms with Crippen molar-refractivity contribution >= 4 is 0 Å². The number of quaternary nitrogens is 2. The van der Waals surface area contributed by atoms with Gasteiger partial charge in [-0.3, -0.25) is 0 Å². The Morgan fingerprint density at radius 2 is 1.64 bits per heavy atom. The maximum Gasteiger partial charge on any atom is 0.103 e. The van der Waals surface area contributed by atoms with Crippen molar-refractivity contribution in [2.75, 3.05) is 26.2 Å².